The lowest BCUT2D eigenvalue weighted by Crippen LogP contribution is -2.55. The maximum absolute atomic E-state index is 11.1. The van der Waals surface area contributed by atoms with Gasteiger partial charge in [0.25, 0.3) is 0 Å². The summed E-state index contributed by atoms with van der Waals surface area (Å²) in [5, 5.41) is 9.09. The van der Waals surface area contributed by atoms with E-state index in [4.69, 9.17) is 14.6 Å². The van der Waals surface area contributed by atoms with Crippen molar-refractivity contribution < 1.29 is 19.4 Å². The second-order valence-electron chi connectivity index (χ2n) is 9.47. The topological polar surface area (TPSA) is 59.0 Å². The van der Waals surface area contributed by atoms with Gasteiger partial charge in [-0.25, -0.2) is 4.79 Å². The molecule has 2 saturated heterocycles. The number of hydrogen-bond acceptors (Lipinski definition) is 4. The summed E-state index contributed by atoms with van der Waals surface area (Å²) in [6.45, 7) is 7.23. The molecule has 0 bridgehead atoms. The van der Waals surface area contributed by atoms with Crippen molar-refractivity contribution in [2.45, 2.75) is 51.0 Å². The Morgan fingerprint density at radius 3 is 2.70 bits per heavy atom. The summed E-state index contributed by atoms with van der Waals surface area (Å²) in [7, 11) is 0. The summed E-state index contributed by atoms with van der Waals surface area (Å²) in [6, 6.07) is 15.6. The third-order valence-corrected chi connectivity index (χ3v) is 7.09. The van der Waals surface area contributed by atoms with Crippen LogP contribution in [0.3, 0.4) is 0 Å². The van der Waals surface area contributed by atoms with Crippen LogP contribution in [0.1, 0.15) is 54.3 Å². The standard InChI is InChI=1S/C25H29NO4/c1-25(2)20-13-18-15-26(14-16-7-9-17(10-8-16)24(27)28)12-11-21(18)29-23(20)19-5-3-4-6-22(19)30-25/h3-10,18,20-21,23H,11-15H2,1-2H3,(H,27,28)/t18-,20-,21-,23+/m0/s1. The van der Waals surface area contributed by atoms with Gasteiger partial charge >= 0.3 is 5.97 Å². The van der Waals surface area contributed by atoms with E-state index in [1.165, 1.54) is 5.56 Å². The van der Waals surface area contributed by atoms with Gasteiger partial charge in [-0.3, -0.25) is 4.90 Å². The predicted molar refractivity (Wildman–Crippen MR) is 114 cm³/mol. The van der Waals surface area contributed by atoms with Crippen LogP contribution in [0.15, 0.2) is 48.5 Å². The molecule has 158 valence electrons. The maximum atomic E-state index is 11.1. The van der Waals surface area contributed by atoms with Crippen LogP contribution in [0.2, 0.25) is 0 Å². The molecule has 2 aromatic rings. The number of ether oxygens (including phenoxy) is 2. The van der Waals surface area contributed by atoms with Gasteiger partial charge in [0.05, 0.1) is 17.8 Å². The number of benzene rings is 2. The quantitative estimate of drug-likeness (QED) is 0.810. The van der Waals surface area contributed by atoms with Gasteiger partial charge in [0, 0.05) is 31.1 Å². The van der Waals surface area contributed by atoms with Crippen LogP contribution in [0.5, 0.6) is 5.75 Å². The Bertz CT molecular complexity index is 938. The molecule has 0 aromatic heterocycles. The number of rotatable bonds is 3. The van der Waals surface area contributed by atoms with E-state index in [9.17, 15) is 4.79 Å². The molecule has 0 radical (unpaired) electrons. The molecular weight excluding hydrogens is 378 g/mol. The first kappa shape index (κ1) is 19.6. The number of carboxylic acids is 1. The SMILES string of the molecule is CC1(C)Oc2ccccc2[C@H]2O[C@H]3CCN(Cc4ccc(C(=O)O)cc4)C[C@@H]3C[C@@H]21. The van der Waals surface area contributed by atoms with Crippen molar-refractivity contribution in [1.82, 2.24) is 4.90 Å². The van der Waals surface area contributed by atoms with Gasteiger partial charge in [0.2, 0.25) is 0 Å². The van der Waals surface area contributed by atoms with E-state index in [0.29, 0.717) is 23.5 Å². The van der Waals surface area contributed by atoms with E-state index in [1.54, 1.807) is 12.1 Å². The fourth-order valence-corrected chi connectivity index (χ4v) is 5.48. The van der Waals surface area contributed by atoms with Crippen molar-refractivity contribution in [1.29, 1.82) is 0 Å². The summed E-state index contributed by atoms with van der Waals surface area (Å²) in [5.74, 6) is 0.912. The average Bonchev–Trinajstić information content (AvgIpc) is 2.73. The Labute approximate surface area is 177 Å². The minimum atomic E-state index is -0.879. The first-order valence-electron chi connectivity index (χ1n) is 10.9. The first-order valence-corrected chi connectivity index (χ1v) is 10.9. The summed E-state index contributed by atoms with van der Waals surface area (Å²) in [6.07, 6.45) is 2.54. The zero-order valence-electron chi connectivity index (χ0n) is 17.6. The lowest BCUT2D eigenvalue weighted by atomic mass is 9.70. The normalized spacial score (nSPS) is 29.8. The zero-order valence-corrected chi connectivity index (χ0v) is 17.6. The van der Waals surface area contributed by atoms with Crippen LogP contribution in [0.4, 0.5) is 0 Å². The third-order valence-electron chi connectivity index (χ3n) is 7.09. The lowest BCUT2D eigenvalue weighted by molar-refractivity contribution is -0.187. The second-order valence-corrected chi connectivity index (χ2v) is 9.47. The number of likely N-dealkylation sites (tertiary alicyclic amines) is 1. The van der Waals surface area contributed by atoms with Crippen molar-refractivity contribution in [3.8, 4) is 5.75 Å². The molecular formula is C25H29NO4. The van der Waals surface area contributed by atoms with Crippen LogP contribution >= 0.6 is 0 Å². The Morgan fingerprint density at radius 2 is 1.93 bits per heavy atom. The first-order chi connectivity index (χ1) is 14.4. The zero-order chi connectivity index (χ0) is 20.9. The molecule has 30 heavy (non-hydrogen) atoms. The number of aromatic carboxylic acids is 1. The van der Waals surface area contributed by atoms with Crippen molar-refractivity contribution >= 4 is 5.97 Å². The summed E-state index contributed by atoms with van der Waals surface area (Å²) in [5.41, 5.74) is 2.44. The highest BCUT2D eigenvalue weighted by Gasteiger charge is 2.51. The van der Waals surface area contributed by atoms with Crippen LogP contribution < -0.4 is 4.74 Å². The molecule has 2 aromatic carbocycles. The van der Waals surface area contributed by atoms with Crippen molar-refractivity contribution in [3.05, 3.63) is 65.2 Å². The van der Waals surface area contributed by atoms with Gasteiger partial charge < -0.3 is 14.6 Å². The van der Waals surface area contributed by atoms with Crippen LogP contribution in [0.25, 0.3) is 0 Å². The number of piperidine rings is 1. The van der Waals surface area contributed by atoms with Gasteiger partial charge in [0.1, 0.15) is 11.4 Å². The van der Waals surface area contributed by atoms with Gasteiger partial charge in [-0.05, 0) is 56.4 Å². The summed E-state index contributed by atoms with van der Waals surface area (Å²) in [4.78, 5) is 13.5. The predicted octanol–water partition coefficient (Wildman–Crippen LogP) is 4.52. The number of para-hydroxylation sites is 1. The van der Waals surface area contributed by atoms with E-state index < -0.39 is 5.97 Å². The van der Waals surface area contributed by atoms with E-state index in [1.807, 2.05) is 18.2 Å². The number of hydrogen-bond donors (Lipinski definition) is 1. The minimum Gasteiger partial charge on any atom is -0.487 e. The molecule has 5 heteroatoms. The van der Waals surface area contributed by atoms with E-state index >= 15 is 0 Å². The molecule has 0 amide bonds. The maximum Gasteiger partial charge on any atom is 0.335 e. The number of nitrogens with zero attached hydrogens (tertiary/aromatic N) is 1. The molecule has 3 heterocycles. The van der Waals surface area contributed by atoms with Gasteiger partial charge in [-0.15, -0.1) is 0 Å². The van der Waals surface area contributed by atoms with Gasteiger partial charge in [0.15, 0.2) is 0 Å². The Kier molecular flexibility index (Phi) is 4.83. The fraction of sp³-hybridized carbons (Fsp3) is 0.480. The van der Waals surface area contributed by atoms with Crippen molar-refractivity contribution in [2.24, 2.45) is 11.8 Å². The van der Waals surface area contributed by atoms with Crippen molar-refractivity contribution in [2.75, 3.05) is 13.1 Å². The van der Waals surface area contributed by atoms with Gasteiger partial charge in [-0.1, -0.05) is 30.3 Å². The number of carbonyl (C=O) groups is 1. The van der Waals surface area contributed by atoms with Crippen LogP contribution in [-0.4, -0.2) is 40.8 Å². The molecule has 3 aliphatic rings. The lowest BCUT2D eigenvalue weighted by Gasteiger charge is -2.53. The summed E-state index contributed by atoms with van der Waals surface area (Å²) >= 11 is 0. The fourth-order valence-electron chi connectivity index (χ4n) is 5.48. The number of fused-ring (bicyclic) bond motifs is 4. The van der Waals surface area contributed by atoms with Crippen LogP contribution in [0, 0.1) is 11.8 Å². The minimum absolute atomic E-state index is 0.112. The highest BCUT2D eigenvalue weighted by atomic mass is 16.5. The monoisotopic (exact) mass is 407 g/mol. The number of carboxylic acid groups (broad SMARTS) is 1. The summed E-state index contributed by atoms with van der Waals surface area (Å²) < 4.78 is 13.1. The third kappa shape index (κ3) is 3.50. The molecule has 2 fully saturated rings. The Morgan fingerprint density at radius 1 is 1.17 bits per heavy atom. The Hall–Kier alpha value is -2.37. The average molecular weight is 408 g/mol. The highest BCUT2D eigenvalue weighted by molar-refractivity contribution is 5.87. The molecule has 0 saturated carbocycles. The van der Waals surface area contributed by atoms with Crippen molar-refractivity contribution in [3.63, 3.8) is 0 Å². The van der Waals surface area contributed by atoms with E-state index in [2.05, 4.69) is 36.9 Å². The molecule has 5 nitrogen and oxygen atoms in total. The molecule has 1 N–H and O–H groups in total. The molecule has 0 unspecified atom stereocenters. The molecule has 3 aliphatic heterocycles. The Balaban J connectivity index is 1.30. The second kappa shape index (κ2) is 7.40. The van der Waals surface area contributed by atoms with E-state index in [0.717, 1.165) is 43.8 Å². The van der Waals surface area contributed by atoms with Crippen LogP contribution in [-0.2, 0) is 11.3 Å². The molecule has 4 atom stereocenters. The molecule has 0 aliphatic carbocycles. The smallest absolute Gasteiger partial charge is 0.335 e. The van der Waals surface area contributed by atoms with Gasteiger partial charge in [-0.2, -0.15) is 0 Å². The van der Waals surface area contributed by atoms with E-state index in [-0.39, 0.29) is 11.7 Å². The largest absolute Gasteiger partial charge is 0.487 e. The highest BCUT2D eigenvalue weighted by Crippen LogP contribution is 2.52. The molecule has 5 rings (SSSR count). The molecule has 0 spiro atoms.